The average Bonchev–Trinajstić information content (AvgIpc) is 2.40. The first-order valence-corrected chi connectivity index (χ1v) is 3.96. The fourth-order valence-electron chi connectivity index (χ4n) is 0.768. The van der Waals surface area contributed by atoms with Gasteiger partial charge in [-0.25, -0.2) is 4.21 Å². The van der Waals surface area contributed by atoms with Gasteiger partial charge in [0.2, 0.25) is 0 Å². The Kier molecular flexibility index (Phi) is 2.21. The van der Waals surface area contributed by atoms with Crippen molar-refractivity contribution in [3.8, 4) is 0 Å². The molecule has 1 rings (SSSR count). The summed E-state index contributed by atoms with van der Waals surface area (Å²) in [4.78, 5) is 0. The van der Waals surface area contributed by atoms with E-state index in [0.717, 1.165) is 12.8 Å². The highest BCUT2D eigenvalue weighted by Gasteiger charge is 2.28. The van der Waals surface area contributed by atoms with Gasteiger partial charge in [-0.3, -0.25) is 4.18 Å². The molecule has 0 aromatic heterocycles. The quantitative estimate of drug-likeness (QED) is 0.552. The van der Waals surface area contributed by atoms with Crippen LogP contribution in [0, 0.1) is 5.92 Å². The number of hydrogen-bond acceptors (Lipinski definition) is 3. The Balaban J connectivity index is 2.17. The zero-order valence-corrected chi connectivity index (χ0v) is 6.02. The minimum atomic E-state index is -2.33. The fourth-order valence-corrected chi connectivity index (χ4v) is 1.17. The highest BCUT2D eigenvalue weighted by Crippen LogP contribution is 2.34. The van der Waals surface area contributed by atoms with Crippen molar-refractivity contribution in [3.63, 3.8) is 0 Å². The summed E-state index contributed by atoms with van der Waals surface area (Å²) in [6, 6.07) is 0. The van der Waals surface area contributed by atoms with E-state index in [2.05, 4.69) is 4.18 Å². The van der Waals surface area contributed by atoms with Crippen LogP contribution in [0.15, 0.2) is 0 Å². The lowest BCUT2D eigenvalue weighted by atomic mass is 10.3. The van der Waals surface area contributed by atoms with Gasteiger partial charge in [0.15, 0.2) is 0 Å². The molecule has 54 valence electrons. The Morgan fingerprint density at radius 2 is 2.33 bits per heavy atom. The molecule has 0 N–H and O–H groups in total. The summed E-state index contributed by atoms with van der Waals surface area (Å²) in [5.41, 5.74) is 0. The first-order valence-electron chi connectivity index (χ1n) is 2.96. The Morgan fingerprint density at radius 1 is 1.78 bits per heavy atom. The molecule has 0 aromatic rings. The highest BCUT2D eigenvalue weighted by atomic mass is 32.2. The Bertz CT molecular complexity index is 121. The lowest BCUT2D eigenvalue weighted by Gasteiger charge is -2.11. The van der Waals surface area contributed by atoms with Gasteiger partial charge < -0.3 is 4.55 Å². The number of rotatable bonds is 3. The van der Waals surface area contributed by atoms with Crippen molar-refractivity contribution in [1.82, 2.24) is 0 Å². The van der Waals surface area contributed by atoms with Gasteiger partial charge in [-0.15, -0.1) is 0 Å². The molecule has 2 unspecified atom stereocenters. The van der Waals surface area contributed by atoms with Gasteiger partial charge in [0.05, 0.1) is 17.5 Å². The summed E-state index contributed by atoms with van der Waals surface area (Å²) in [5.74, 6) is 0.489. The van der Waals surface area contributed by atoms with Crippen molar-refractivity contribution in [2.45, 2.75) is 25.9 Å². The monoisotopic (exact) mass is 149 g/mol. The topological polar surface area (TPSA) is 49.4 Å². The predicted molar refractivity (Wildman–Crippen MR) is 32.2 cm³/mol. The van der Waals surface area contributed by atoms with Gasteiger partial charge in [0, 0.05) is 0 Å². The van der Waals surface area contributed by atoms with Crippen LogP contribution in [0.1, 0.15) is 19.8 Å². The van der Waals surface area contributed by atoms with Gasteiger partial charge in [-0.2, -0.15) is 0 Å². The molecule has 0 aromatic carbocycles. The van der Waals surface area contributed by atoms with Crippen LogP contribution in [0.3, 0.4) is 0 Å². The van der Waals surface area contributed by atoms with E-state index in [-0.39, 0.29) is 6.10 Å². The zero-order chi connectivity index (χ0) is 6.85. The van der Waals surface area contributed by atoms with Crippen molar-refractivity contribution < 1.29 is 12.9 Å². The zero-order valence-electron chi connectivity index (χ0n) is 5.20. The Hall–Kier alpha value is 0.0700. The van der Waals surface area contributed by atoms with Crippen molar-refractivity contribution in [3.05, 3.63) is 0 Å². The lowest BCUT2D eigenvalue weighted by molar-refractivity contribution is 0.197. The maximum absolute atomic E-state index is 9.92. The maximum atomic E-state index is 9.92. The van der Waals surface area contributed by atoms with Crippen LogP contribution in [0.4, 0.5) is 0 Å². The minimum Gasteiger partial charge on any atom is -0.750 e. The van der Waals surface area contributed by atoms with E-state index in [9.17, 15) is 8.76 Å². The van der Waals surface area contributed by atoms with Crippen LogP contribution in [-0.2, 0) is 15.5 Å². The molecule has 0 bridgehead atoms. The maximum Gasteiger partial charge on any atom is 0.0844 e. The second-order valence-electron chi connectivity index (χ2n) is 2.34. The van der Waals surface area contributed by atoms with Crippen LogP contribution in [-0.4, -0.2) is 14.9 Å². The van der Waals surface area contributed by atoms with Crippen LogP contribution >= 0.6 is 0 Å². The summed E-state index contributed by atoms with van der Waals surface area (Å²) in [5, 5.41) is 0. The minimum absolute atomic E-state index is 0.108. The molecule has 1 saturated carbocycles. The summed E-state index contributed by atoms with van der Waals surface area (Å²) in [6.45, 7) is 1.79. The van der Waals surface area contributed by atoms with Crippen LogP contribution in [0.5, 0.6) is 0 Å². The molecule has 2 atom stereocenters. The summed E-state index contributed by atoms with van der Waals surface area (Å²) in [7, 11) is 0. The Labute approximate surface area is 56.9 Å². The van der Waals surface area contributed by atoms with Gasteiger partial charge in [-0.05, 0) is 25.7 Å². The van der Waals surface area contributed by atoms with E-state index >= 15 is 0 Å². The molecular formula is C5H9O3S-. The average molecular weight is 149 g/mol. The largest absolute Gasteiger partial charge is 0.750 e. The summed E-state index contributed by atoms with van der Waals surface area (Å²) >= 11 is -2.33. The van der Waals surface area contributed by atoms with E-state index in [1.807, 2.05) is 0 Å². The van der Waals surface area contributed by atoms with E-state index in [0.29, 0.717) is 5.92 Å². The first kappa shape index (κ1) is 7.18. The molecule has 1 aliphatic carbocycles. The molecule has 1 aliphatic rings. The molecule has 0 aliphatic heterocycles. The molecule has 0 heterocycles. The third-order valence-electron chi connectivity index (χ3n) is 1.52. The second kappa shape index (κ2) is 2.77. The van der Waals surface area contributed by atoms with E-state index in [4.69, 9.17) is 0 Å². The van der Waals surface area contributed by atoms with Gasteiger partial charge in [0.1, 0.15) is 0 Å². The molecule has 4 heteroatoms. The number of hydrogen-bond donors (Lipinski definition) is 0. The Morgan fingerprint density at radius 3 is 2.67 bits per heavy atom. The molecule has 0 saturated heterocycles. The predicted octanol–water partition coefficient (Wildman–Crippen LogP) is 0.596. The van der Waals surface area contributed by atoms with Crippen molar-refractivity contribution in [2.75, 3.05) is 0 Å². The van der Waals surface area contributed by atoms with Gasteiger partial charge in [-0.1, -0.05) is 0 Å². The van der Waals surface area contributed by atoms with Gasteiger partial charge >= 0.3 is 0 Å². The third kappa shape index (κ3) is 2.43. The molecule has 3 nitrogen and oxygen atoms in total. The molecule has 0 spiro atoms. The van der Waals surface area contributed by atoms with Gasteiger partial charge in [0.25, 0.3) is 0 Å². The fraction of sp³-hybridized carbons (Fsp3) is 1.00. The van der Waals surface area contributed by atoms with Crippen LogP contribution in [0.2, 0.25) is 0 Å². The lowest BCUT2D eigenvalue weighted by Crippen LogP contribution is -2.11. The highest BCUT2D eigenvalue weighted by molar-refractivity contribution is 7.74. The van der Waals surface area contributed by atoms with Crippen molar-refractivity contribution >= 4 is 11.4 Å². The van der Waals surface area contributed by atoms with Crippen molar-refractivity contribution in [2.24, 2.45) is 5.92 Å². The smallest absolute Gasteiger partial charge is 0.0844 e. The third-order valence-corrected chi connectivity index (χ3v) is 1.98. The molecule has 0 amide bonds. The summed E-state index contributed by atoms with van der Waals surface area (Å²) < 4.78 is 24.3. The SMILES string of the molecule is CC(OS(=O)[O-])C1CC1. The molecule has 9 heavy (non-hydrogen) atoms. The molecule has 0 radical (unpaired) electrons. The normalized spacial score (nSPS) is 25.6. The van der Waals surface area contributed by atoms with E-state index in [1.54, 1.807) is 6.92 Å². The molecular weight excluding hydrogens is 140 g/mol. The van der Waals surface area contributed by atoms with E-state index in [1.165, 1.54) is 0 Å². The van der Waals surface area contributed by atoms with Crippen molar-refractivity contribution in [1.29, 1.82) is 0 Å². The first-order chi connectivity index (χ1) is 4.20. The summed E-state index contributed by atoms with van der Waals surface area (Å²) in [6.07, 6.45) is 2.11. The standard InChI is InChI=1S/C5H10O3S/c1-4(5-2-3-5)8-9(6)7/h4-5H,2-3H2,1H3,(H,6,7)/p-1. The van der Waals surface area contributed by atoms with Crippen LogP contribution in [0.25, 0.3) is 0 Å². The van der Waals surface area contributed by atoms with E-state index < -0.39 is 11.4 Å². The molecule has 1 fully saturated rings. The second-order valence-corrected chi connectivity index (χ2v) is 2.94. The van der Waals surface area contributed by atoms with Crippen LogP contribution < -0.4 is 0 Å².